The molecule has 0 aromatic heterocycles. The quantitative estimate of drug-likeness (QED) is 0.214. The fraction of sp³-hybridized carbons (Fsp3) is 0.167. The molecular weight excluding hydrogens is 344 g/mol. The summed E-state index contributed by atoms with van der Waals surface area (Å²) in [6.07, 6.45) is 4.61. The van der Waals surface area contributed by atoms with Crippen molar-refractivity contribution in [1.82, 2.24) is 0 Å². The minimum Gasteiger partial charge on any atom is -0.289 e. The number of rotatable bonds is 7. The second kappa shape index (κ2) is 8.85. The first kappa shape index (κ1) is 16.1. The maximum Gasteiger partial charge on any atom is 0.186 e. The zero-order valence-electron chi connectivity index (χ0n) is 11.7. The van der Waals surface area contributed by atoms with E-state index in [0.717, 1.165) is 33.5 Å². The van der Waals surface area contributed by atoms with E-state index in [2.05, 4.69) is 15.9 Å². The number of hydrogen-bond acceptors (Lipinski definition) is 2. The summed E-state index contributed by atoms with van der Waals surface area (Å²) in [6.45, 7) is 0. The molecular formula is C18H17BrOS. The van der Waals surface area contributed by atoms with Gasteiger partial charge in [0.1, 0.15) is 0 Å². The fourth-order valence-corrected chi connectivity index (χ4v) is 3.52. The Morgan fingerprint density at radius 1 is 1.05 bits per heavy atom. The van der Waals surface area contributed by atoms with Crippen molar-refractivity contribution in [1.29, 1.82) is 0 Å². The van der Waals surface area contributed by atoms with Crippen LogP contribution in [-0.2, 0) is 0 Å². The van der Waals surface area contributed by atoms with Crippen molar-refractivity contribution in [3.63, 3.8) is 0 Å². The molecule has 0 bridgehead atoms. The summed E-state index contributed by atoms with van der Waals surface area (Å²) in [5, 5.41) is 0.990. The second-order valence-electron chi connectivity index (χ2n) is 4.50. The molecule has 2 aromatic carbocycles. The molecule has 0 aliphatic carbocycles. The Morgan fingerprint density at radius 2 is 1.76 bits per heavy atom. The van der Waals surface area contributed by atoms with Crippen LogP contribution in [0.2, 0.25) is 0 Å². The summed E-state index contributed by atoms with van der Waals surface area (Å²) in [7, 11) is 0. The molecule has 0 fully saturated rings. The predicted molar refractivity (Wildman–Crippen MR) is 95.4 cm³/mol. The maximum absolute atomic E-state index is 12.4. The van der Waals surface area contributed by atoms with Crippen LogP contribution in [-0.4, -0.2) is 16.9 Å². The van der Waals surface area contributed by atoms with Gasteiger partial charge in [0.15, 0.2) is 5.78 Å². The molecule has 21 heavy (non-hydrogen) atoms. The molecule has 0 saturated heterocycles. The van der Waals surface area contributed by atoms with Gasteiger partial charge in [0, 0.05) is 15.8 Å². The summed E-state index contributed by atoms with van der Waals surface area (Å²) < 4.78 is 0. The third-order valence-corrected chi connectivity index (χ3v) is 4.64. The summed E-state index contributed by atoms with van der Waals surface area (Å²) >= 11 is 5.17. The van der Waals surface area contributed by atoms with Gasteiger partial charge in [-0.3, -0.25) is 4.79 Å². The van der Waals surface area contributed by atoms with Gasteiger partial charge < -0.3 is 0 Å². The Labute approximate surface area is 138 Å². The van der Waals surface area contributed by atoms with Gasteiger partial charge in [-0.05, 0) is 35.9 Å². The van der Waals surface area contributed by atoms with Crippen LogP contribution >= 0.6 is 27.7 Å². The highest BCUT2D eigenvalue weighted by Crippen LogP contribution is 2.24. The number of carbonyl (C=O) groups is 1. The lowest BCUT2D eigenvalue weighted by molar-refractivity contribution is 0.104. The Hall–Kier alpha value is -1.32. The topological polar surface area (TPSA) is 17.1 Å². The first-order chi connectivity index (χ1) is 10.3. The summed E-state index contributed by atoms with van der Waals surface area (Å²) in [4.78, 5) is 13.4. The van der Waals surface area contributed by atoms with E-state index in [9.17, 15) is 4.79 Å². The van der Waals surface area contributed by atoms with E-state index in [4.69, 9.17) is 0 Å². The SMILES string of the molecule is O=C(/C=C/c1ccccc1)c1ccccc1SCCCBr. The Morgan fingerprint density at radius 3 is 2.52 bits per heavy atom. The molecule has 0 aliphatic heterocycles. The average molecular weight is 361 g/mol. The zero-order valence-corrected chi connectivity index (χ0v) is 14.1. The lowest BCUT2D eigenvalue weighted by atomic mass is 10.1. The smallest absolute Gasteiger partial charge is 0.186 e. The highest BCUT2D eigenvalue weighted by atomic mass is 79.9. The highest BCUT2D eigenvalue weighted by molar-refractivity contribution is 9.09. The van der Waals surface area contributed by atoms with Crippen molar-refractivity contribution in [2.45, 2.75) is 11.3 Å². The Bertz CT molecular complexity index is 608. The van der Waals surface area contributed by atoms with Crippen LogP contribution in [0.4, 0.5) is 0 Å². The molecule has 0 radical (unpaired) electrons. The van der Waals surface area contributed by atoms with Gasteiger partial charge in [0.2, 0.25) is 0 Å². The Kier molecular flexibility index (Phi) is 6.77. The maximum atomic E-state index is 12.4. The summed E-state index contributed by atoms with van der Waals surface area (Å²) in [6, 6.07) is 17.7. The van der Waals surface area contributed by atoms with E-state index in [0.29, 0.717) is 0 Å². The number of thioether (sulfide) groups is 1. The van der Waals surface area contributed by atoms with Crippen LogP contribution in [0.15, 0.2) is 65.6 Å². The Balaban J connectivity index is 2.10. The standard InChI is InChI=1S/C18H17BrOS/c19-13-6-14-21-18-10-5-4-9-16(18)17(20)12-11-15-7-2-1-3-8-15/h1-5,7-12H,6,13-14H2/b12-11+. The van der Waals surface area contributed by atoms with E-state index in [1.54, 1.807) is 17.8 Å². The molecule has 2 aromatic rings. The third kappa shape index (κ3) is 5.18. The predicted octanol–water partition coefficient (Wildman–Crippen LogP) is 5.46. The van der Waals surface area contributed by atoms with Gasteiger partial charge in [-0.25, -0.2) is 0 Å². The van der Waals surface area contributed by atoms with Crippen LogP contribution in [0.3, 0.4) is 0 Å². The van der Waals surface area contributed by atoms with Crippen molar-refractivity contribution in [2.24, 2.45) is 0 Å². The largest absolute Gasteiger partial charge is 0.289 e. The third-order valence-electron chi connectivity index (χ3n) is 2.91. The second-order valence-corrected chi connectivity index (χ2v) is 6.43. The number of benzene rings is 2. The average Bonchev–Trinajstić information content (AvgIpc) is 2.54. The normalized spacial score (nSPS) is 10.9. The first-order valence-corrected chi connectivity index (χ1v) is 8.97. The van der Waals surface area contributed by atoms with Gasteiger partial charge in [-0.2, -0.15) is 0 Å². The van der Waals surface area contributed by atoms with Crippen molar-refractivity contribution in [2.75, 3.05) is 11.1 Å². The number of allylic oxidation sites excluding steroid dienone is 1. The van der Waals surface area contributed by atoms with Crippen LogP contribution in [0, 0.1) is 0 Å². The van der Waals surface area contributed by atoms with Crippen molar-refractivity contribution >= 4 is 39.6 Å². The molecule has 0 amide bonds. The summed E-state index contributed by atoms with van der Waals surface area (Å²) in [5.74, 6) is 1.07. The molecule has 2 rings (SSSR count). The molecule has 0 unspecified atom stereocenters. The van der Waals surface area contributed by atoms with Gasteiger partial charge in [0.25, 0.3) is 0 Å². The molecule has 0 N–H and O–H groups in total. The molecule has 0 saturated carbocycles. The molecule has 3 heteroatoms. The molecule has 0 atom stereocenters. The van der Waals surface area contributed by atoms with Gasteiger partial charge in [-0.1, -0.05) is 64.5 Å². The van der Waals surface area contributed by atoms with Crippen molar-refractivity contribution in [3.8, 4) is 0 Å². The van der Waals surface area contributed by atoms with Crippen LogP contribution < -0.4 is 0 Å². The van der Waals surface area contributed by atoms with E-state index >= 15 is 0 Å². The molecule has 1 nitrogen and oxygen atoms in total. The zero-order chi connectivity index (χ0) is 14.9. The van der Waals surface area contributed by atoms with Crippen LogP contribution in [0.5, 0.6) is 0 Å². The van der Waals surface area contributed by atoms with E-state index in [1.807, 2.05) is 60.7 Å². The van der Waals surface area contributed by atoms with E-state index < -0.39 is 0 Å². The van der Waals surface area contributed by atoms with Gasteiger partial charge in [-0.15, -0.1) is 11.8 Å². The minimum atomic E-state index is 0.0563. The minimum absolute atomic E-state index is 0.0563. The first-order valence-electron chi connectivity index (χ1n) is 6.86. The molecule has 0 aliphatic rings. The number of alkyl halides is 1. The van der Waals surface area contributed by atoms with Crippen molar-refractivity contribution < 1.29 is 4.79 Å². The van der Waals surface area contributed by atoms with Crippen LogP contribution in [0.1, 0.15) is 22.3 Å². The highest BCUT2D eigenvalue weighted by Gasteiger charge is 2.08. The number of halogens is 1. The number of carbonyl (C=O) groups excluding carboxylic acids is 1. The molecule has 108 valence electrons. The number of ketones is 1. The van der Waals surface area contributed by atoms with Crippen molar-refractivity contribution in [3.05, 3.63) is 71.8 Å². The lowest BCUT2D eigenvalue weighted by Crippen LogP contribution is -1.97. The van der Waals surface area contributed by atoms with Gasteiger partial charge in [0.05, 0.1) is 0 Å². The van der Waals surface area contributed by atoms with Crippen LogP contribution in [0.25, 0.3) is 6.08 Å². The lowest BCUT2D eigenvalue weighted by Gasteiger charge is -2.05. The van der Waals surface area contributed by atoms with Gasteiger partial charge >= 0.3 is 0 Å². The molecule has 0 heterocycles. The number of hydrogen-bond donors (Lipinski definition) is 0. The molecule has 0 spiro atoms. The van der Waals surface area contributed by atoms with E-state index in [1.165, 1.54) is 0 Å². The fourth-order valence-electron chi connectivity index (χ4n) is 1.86. The monoisotopic (exact) mass is 360 g/mol. The summed E-state index contributed by atoms with van der Waals surface area (Å²) in [5.41, 5.74) is 1.82. The van der Waals surface area contributed by atoms with E-state index in [-0.39, 0.29) is 5.78 Å².